The molecule has 0 fully saturated rings. The average molecular weight is 377 g/mol. The minimum absolute atomic E-state index is 0.246. The predicted molar refractivity (Wildman–Crippen MR) is 91.9 cm³/mol. The van der Waals surface area contributed by atoms with Gasteiger partial charge in [0.2, 0.25) is 5.95 Å². The van der Waals surface area contributed by atoms with Gasteiger partial charge in [-0.1, -0.05) is 28.1 Å². The summed E-state index contributed by atoms with van der Waals surface area (Å²) < 4.78 is 3.31. The Morgan fingerprint density at radius 3 is 2.61 bits per heavy atom. The second-order valence-corrected chi connectivity index (χ2v) is 5.83. The van der Waals surface area contributed by atoms with Crippen LogP contribution in [0.3, 0.4) is 0 Å². The molecule has 0 radical (unpaired) electrons. The van der Waals surface area contributed by atoms with Crippen LogP contribution in [0.25, 0.3) is 11.2 Å². The van der Waals surface area contributed by atoms with Crippen molar-refractivity contribution in [2.75, 3.05) is 5.43 Å². The van der Waals surface area contributed by atoms with Gasteiger partial charge < -0.3 is 4.98 Å². The van der Waals surface area contributed by atoms with Gasteiger partial charge in [0.05, 0.1) is 6.21 Å². The molecule has 0 bridgehead atoms. The summed E-state index contributed by atoms with van der Waals surface area (Å²) in [6.45, 7) is 0. The van der Waals surface area contributed by atoms with E-state index in [1.54, 1.807) is 13.3 Å². The van der Waals surface area contributed by atoms with Crippen molar-refractivity contribution in [2.45, 2.75) is 0 Å². The molecule has 0 saturated heterocycles. The van der Waals surface area contributed by atoms with Gasteiger partial charge >= 0.3 is 5.69 Å². The number of nitrogens with zero attached hydrogens (tertiary/aromatic N) is 4. The van der Waals surface area contributed by atoms with E-state index in [4.69, 9.17) is 0 Å². The van der Waals surface area contributed by atoms with Gasteiger partial charge in [-0.2, -0.15) is 10.1 Å². The van der Waals surface area contributed by atoms with E-state index in [9.17, 15) is 9.59 Å². The van der Waals surface area contributed by atoms with Crippen LogP contribution in [0, 0.1) is 0 Å². The number of halogens is 1. The van der Waals surface area contributed by atoms with E-state index in [-0.39, 0.29) is 17.1 Å². The van der Waals surface area contributed by atoms with E-state index in [0.717, 1.165) is 14.6 Å². The lowest BCUT2D eigenvalue weighted by molar-refractivity contribution is 0.709. The van der Waals surface area contributed by atoms with E-state index in [1.807, 2.05) is 24.3 Å². The third kappa shape index (κ3) is 2.82. The Balaban J connectivity index is 1.91. The molecule has 2 aromatic heterocycles. The summed E-state index contributed by atoms with van der Waals surface area (Å²) in [7, 11) is 2.98. The van der Waals surface area contributed by atoms with Crippen molar-refractivity contribution in [1.29, 1.82) is 0 Å². The number of rotatable bonds is 3. The third-order valence-corrected chi connectivity index (χ3v) is 3.88. The molecular formula is C14H13BrN6O2. The van der Waals surface area contributed by atoms with Crippen molar-refractivity contribution in [3.8, 4) is 0 Å². The van der Waals surface area contributed by atoms with Gasteiger partial charge in [-0.3, -0.25) is 13.9 Å². The molecule has 8 nitrogen and oxygen atoms in total. The van der Waals surface area contributed by atoms with Crippen LogP contribution in [-0.2, 0) is 14.1 Å². The second kappa shape index (κ2) is 5.84. The third-order valence-electron chi connectivity index (χ3n) is 3.35. The van der Waals surface area contributed by atoms with Gasteiger partial charge in [0.25, 0.3) is 5.56 Å². The van der Waals surface area contributed by atoms with Gasteiger partial charge in [0, 0.05) is 18.6 Å². The molecule has 0 aliphatic heterocycles. The highest BCUT2D eigenvalue weighted by Crippen LogP contribution is 2.10. The maximum atomic E-state index is 12.0. The first-order valence-electron chi connectivity index (χ1n) is 6.68. The molecule has 2 heterocycles. The van der Waals surface area contributed by atoms with Crippen LogP contribution in [0.2, 0.25) is 0 Å². The van der Waals surface area contributed by atoms with Crippen LogP contribution in [-0.4, -0.2) is 25.3 Å². The van der Waals surface area contributed by atoms with Crippen LogP contribution in [0.15, 0.2) is 43.4 Å². The average Bonchev–Trinajstić information content (AvgIpc) is 2.97. The van der Waals surface area contributed by atoms with Gasteiger partial charge in [-0.15, -0.1) is 0 Å². The number of imidazole rings is 1. The van der Waals surface area contributed by atoms with Gasteiger partial charge in [0.15, 0.2) is 11.2 Å². The van der Waals surface area contributed by atoms with E-state index >= 15 is 0 Å². The van der Waals surface area contributed by atoms with Crippen LogP contribution in [0.5, 0.6) is 0 Å². The lowest BCUT2D eigenvalue weighted by Gasteiger charge is -2.00. The number of aryl methyl sites for hydroxylation is 1. The number of H-pyrrole nitrogens is 1. The number of hydrazone groups is 1. The monoisotopic (exact) mass is 376 g/mol. The molecule has 3 aromatic rings. The van der Waals surface area contributed by atoms with Crippen molar-refractivity contribution in [3.05, 3.63) is 55.1 Å². The van der Waals surface area contributed by atoms with Crippen molar-refractivity contribution in [1.82, 2.24) is 19.1 Å². The van der Waals surface area contributed by atoms with Crippen LogP contribution < -0.4 is 16.7 Å². The lowest BCUT2D eigenvalue weighted by Crippen LogP contribution is -2.36. The van der Waals surface area contributed by atoms with Crippen LogP contribution >= 0.6 is 15.9 Å². The highest BCUT2D eigenvalue weighted by atomic mass is 79.9. The largest absolute Gasteiger partial charge is 0.332 e. The number of anilines is 1. The molecule has 0 aliphatic carbocycles. The molecule has 0 saturated carbocycles. The molecule has 2 N–H and O–H groups in total. The fraction of sp³-hybridized carbons (Fsp3) is 0.143. The van der Waals surface area contributed by atoms with Gasteiger partial charge in [-0.25, -0.2) is 10.2 Å². The first kappa shape index (κ1) is 15.2. The van der Waals surface area contributed by atoms with Crippen molar-refractivity contribution < 1.29 is 0 Å². The maximum absolute atomic E-state index is 12.0. The topological polar surface area (TPSA) is 97.1 Å². The summed E-state index contributed by atoms with van der Waals surface area (Å²) in [6.07, 6.45) is 1.62. The first-order valence-corrected chi connectivity index (χ1v) is 7.47. The summed E-state index contributed by atoms with van der Waals surface area (Å²) in [4.78, 5) is 30.9. The minimum Gasteiger partial charge on any atom is -0.317 e. The Bertz CT molecular complexity index is 1010. The number of aromatic nitrogens is 4. The number of nitrogens with one attached hydrogen (secondary N) is 2. The summed E-state index contributed by atoms with van der Waals surface area (Å²) >= 11 is 3.36. The first-order chi connectivity index (χ1) is 11.0. The molecule has 0 spiro atoms. The number of hydrogen-bond donors (Lipinski definition) is 2. The number of benzene rings is 1. The van der Waals surface area contributed by atoms with E-state index in [2.05, 4.69) is 36.4 Å². The van der Waals surface area contributed by atoms with E-state index in [1.165, 1.54) is 11.6 Å². The molecule has 3 rings (SSSR count). The van der Waals surface area contributed by atoms with Crippen LogP contribution in [0.1, 0.15) is 5.56 Å². The molecule has 0 aliphatic rings. The Morgan fingerprint density at radius 1 is 1.22 bits per heavy atom. The number of hydrogen-bond acceptors (Lipinski definition) is 5. The molecule has 0 amide bonds. The predicted octanol–water partition coefficient (Wildman–Crippen LogP) is 1.17. The zero-order valence-electron chi connectivity index (χ0n) is 12.4. The summed E-state index contributed by atoms with van der Waals surface area (Å²) in [5.74, 6) is 0.284. The fourth-order valence-electron chi connectivity index (χ4n) is 2.10. The van der Waals surface area contributed by atoms with E-state index in [0.29, 0.717) is 0 Å². The van der Waals surface area contributed by atoms with E-state index < -0.39 is 11.2 Å². The van der Waals surface area contributed by atoms with Crippen molar-refractivity contribution in [2.24, 2.45) is 19.2 Å². The normalized spacial score (nSPS) is 11.4. The highest BCUT2D eigenvalue weighted by Gasteiger charge is 2.12. The van der Waals surface area contributed by atoms with Crippen LogP contribution in [0.4, 0.5) is 5.95 Å². The molecule has 0 atom stereocenters. The minimum atomic E-state index is -0.432. The van der Waals surface area contributed by atoms with Crippen molar-refractivity contribution in [3.63, 3.8) is 0 Å². The Kier molecular flexibility index (Phi) is 3.87. The zero-order valence-corrected chi connectivity index (χ0v) is 14.0. The Labute approximate surface area is 138 Å². The highest BCUT2D eigenvalue weighted by molar-refractivity contribution is 9.10. The van der Waals surface area contributed by atoms with Crippen molar-refractivity contribution >= 4 is 39.3 Å². The maximum Gasteiger partial charge on any atom is 0.332 e. The summed E-state index contributed by atoms with van der Waals surface area (Å²) in [5, 5.41) is 4.06. The number of fused-ring (bicyclic) bond motifs is 1. The molecule has 9 heteroatoms. The molecule has 0 unspecified atom stereocenters. The standard InChI is InChI=1S/C14H13BrN6O2/c1-20-11-10(12(22)21(2)14(20)23)17-13(18-11)19-16-7-8-3-5-9(15)6-4-8/h3-7H,1-2H3,(H2,17,18,19)/b16-7+. The zero-order chi connectivity index (χ0) is 16.6. The molecule has 23 heavy (non-hydrogen) atoms. The number of aromatic amines is 1. The molecule has 118 valence electrons. The smallest absolute Gasteiger partial charge is 0.317 e. The Hall–Kier alpha value is -2.68. The second-order valence-electron chi connectivity index (χ2n) is 4.91. The summed E-state index contributed by atoms with van der Waals surface area (Å²) in [6, 6.07) is 7.60. The molecular weight excluding hydrogens is 364 g/mol. The quantitative estimate of drug-likeness (QED) is 0.529. The van der Waals surface area contributed by atoms with Gasteiger partial charge in [-0.05, 0) is 17.7 Å². The van der Waals surface area contributed by atoms with Gasteiger partial charge in [0.1, 0.15) is 0 Å². The summed E-state index contributed by atoms with van der Waals surface area (Å²) in [5.41, 5.74) is 3.28. The fourth-order valence-corrected chi connectivity index (χ4v) is 2.36. The lowest BCUT2D eigenvalue weighted by atomic mass is 10.2. The Morgan fingerprint density at radius 2 is 1.91 bits per heavy atom. The molecule has 1 aromatic carbocycles. The SMILES string of the molecule is Cn1c(=O)c2[nH]c(N/N=C/c3ccc(Br)cc3)nc2n(C)c1=O.